The maximum atomic E-state index is 12.5. The van der Waals surface area contributed by atoms with Gasteiger partial charge in [0.15, 0.2) is 0 Å². The van der Waals surface area contributed by atoms with E-state index < -0.39 is 0 Å². The van der Waals surface area contributed by atoms with E-state index in [0.29, 0.717) is 11.4 Å². The average Bonchev–Trinajstić information content (AvgIpc) is 3.31. The molecule has 9 nitrogen and oxygen atoms in total. The van der Waals surface area contributed by atoms with E-state index in [0.717, 1.165) is 35.7 Å². The Labute approximate surface area is 159 Å². The number of thiazole rings is 1. The molecule has 4 rings (SSSR count). The average molecular weight is 385 g/mol. The number of fused-ring (bicyclic) bond motifs is 1. The highest BCUT2D eigenvalue weighted by molar-refractivity contribution is 7.11. The van der Waals surface area contributed by atoms with Crippen molar-refractivity contribution in [1.29, 1.82) is 0 Å². The number of aryl methyl sites for hydroxylation is 2. The monoisotopic (exact) mass is 385 g/mol. The summed E-state index contributed by atoms with van der Waals surface area (Å²) < 4.78 is 6.91. The molecule has 0 fully saturated rings. The Balaban J connectivity index is 1.48. The number of nitrogens with one attached hydrogen (secondary N) is 2. The molecule has 0 unspecified atom stereocenters. The number of amides is 2. The van der Waals surface area contributed by atoms with Gasteiger partial charge in [-0.15, -0.1) is 16.4 Å². The van der Waals surface area contributed by atoms with Crippen LogP contribution in [0.25, 0.3) is 5.69 Å². The summed E-state index contributed by atoms with van der Waals surface area (Å²) in [4.78, 5) is 18.4. The highest BCUT2D eigenvalue weighted by Crippen LogP contribution is 2.33. The van der Waals surface area contributed by atoms with Gasteiger partial charge in [-0.1, -0.05) is 0 Å². The lowest BCUT2D eigenvalue weighted by atomic mass is 9.98. The molecule has 0 aliphatic heterocycles. The van der Waals surface area contributed by atoms with E-state index in [9.17, 15) is 4.79 Å². The Morgan fingerprint density at radius 2 is 2.30 bits per heavy atom. The predicted molar refractivity (Wildman–Crippen MR) is 100 cm³/mol. The third-order valence-electron chi connectivity index (χ3n) is 4.41. The first-order valence-electron chi connectivity index (χ1n) is 8.59. The number of methoxy groups -OCH3 is 1. The van der Waals surface area contributed by atoms with Crippen molar-refractivity contribution in [1.82, 2.24) is 30.5 Å². The minimum absolute atomic E-state index is 0.0646. The number of benzene rings is 1. The molecule has 1 atom stereocenters. The van der Waals surface area contributed by atoms with Gasteiger partial charge < -0.3 is 15.4 Å². The fourth-order valence-electron chi connectivity index (χ4n) is 3.20. The van der Waals surface area contributed by atoms with Crippen LogP contribution in [0.1, 0.15) is 34.5 Å². The third-order valence-corrected chi connectivity index (χ3v) is 5.46. The number of hydrogen-bond donors (Lipinski definition) is 2. The standard InChI is InChI=1S/C17H19N7O2S/c1-10-19-16-13(4-3-5-15(16)27-10)21-17(25)20-12-7-6-11(8-14(12)26-2)24-9-18-22-23-24/h6-9,13H,3-5H2,1-2H3,(H2,20,21,25)/t13-/m1/s1. The van der Waals surface area contributed by atoms with Crippen LogP contribution < -0.4 is 15.4 Å². The second-order valence-corrected chi connectivity index (χ2v) is 7.51. The first-order chi connectivity index (χ1) is 13.1. The lowest BCUT2D eigenvalue weighted by molar-refractivity contribution is 0.246. The molecular formula is C17H19N7O2S. The summed E-state index contributed by atoms with van der Waals surface area (Å²) in [7, 11) is 1.55. The number of rotatable bonds is 4. The number of carbonyl (C=O) groups excluding carboxylic acids is 1. The zero-order valence-electron chi connectivity index (χ0n) is 15.0. The molecule has 0 saturated carbocycles. The van der Waals surface area contributed by atoms with Crippen molar-refractivity contribution in [3.05, 3.63) is 40.1 Å². The molecule has 10 heteroatoms. The van der Waals surface area contributed by atoms with Crippen LogP contribution in [0.15, 0.2) is 24.5 Å². The zero-order valence-corrected chi connectivity index (χ0v) is 15.8. The Hall–Kier alpha value is -3.01. The van der Waals surface area contributed by atoms with Crippen molar-refractivity contribution >= 4 is 23.1 Å². The van der Waals surface area contributed by atoms with Crippen LogP contribution in [-0.4, -0.2) is 38.3 Å². The van der Waals surface area contributed by atoms with Crippen molar-refractivity contribution in [3.8, 4) is 11.4 Å². The Bertz CT molecular complexity index is 954. The van der Waals surface area contributed by atoms with Crippen LogP contribution >= 0.6 is 11.3 Å². The molecule has 2 heterocycles. The molecule has 0 bridgehead atoms. The number of urea groups is 1. The fraction of sp³-hybridized carbons (Fsp3) is 0.353. The van der Waals surface area contributed by atoms with Crippen LogP contribution in [-0.2, 0) is 6.42 Å². The van der Waals surface area contributed by atoms with E-state index in [1.54, 1.807) is 36.6 Å². The van der Waals surface area contributed by atoms with Gasteiger partial charge in [0.2, 0.25) is 0 Å². The maximum Gasteiger partial charge on any atom is 0.319 e. The third kappa shape index (κ3) is 3.61. The SMILES string of the molecule is COc1cc(-n2cnnn2)ccc1NC(=O)N[C@@H]1CCCc2sc(C)nc21. The van der Waals surface area contributed by atoms with E-state index in [1.807, 2.05) is 6.92 Å². The second kappa shape index (κ2) is 7.31. The molecule has 2 amide bonds. The predicted octanol–water partition coefficient (Wildman–Crippen LogP) is 2.63. The minimum Gasteiger partial charge on any atom is -0.494 e. The first kappa shape index (κ1) is 17.4. The van der Waals surface area contributed by atoms with Gasteiger partial charge in [0.1, 0.15) is 12.1 Å². The zero-order chi connectivity index (χ0) is 18.8. The van der Waals surface area contributed by atoms with Crippen molar-refractivity contribution in [2.45, 2.75) is 32.2 Å². The number of tetrazole rings is 1. The van der Waals surface area contributed by atoms with Gasteiger partial charge in [-0.3, -0.25) is 0 Å². The molecule has 0 radical (unpaired) electrons. The molecule has 1 aliphatic rings. The lowest BCUT2D eigenvalue weighted by Gasteiger charge is -2.22. The molecule has 0 spiro atoms. The number of anilines is 1. The smallest absolute Gasteiger partial charge is 0.319 e. The summed E-state index contributed by atoms with van der Waals surface area (Å²) in [6.45, 7) is 2.00. The lowest BCUT2D eigenvalue weighted by Crippen LogP contribution is -2.34. The summed E-state index contributed by atoms with van der Waals surface area (Å²) in [5.74, 6) is 0.520. The summed E-state index contributed by atoms with van der Waals surface area (Å²) in [5, 5.41) is 18.0. The van der Waals surface area contributed by atoms with Crippen LogP contribution in [0.2, 0.25) is 0 Å². The quantitative estimate of drug-likeness (QED) is 0.715. The summed E-state index contributed by atoms with van der Waals surface area (Å²) in [6, 6.07) is 4.97. The van der Waals surface area contributed by atoms with Gasteiger partial charge in [0.05, 0.1) is 35.2 Å². The molecule has 140 valence electrons. The largest absolute Gasteiger partial charge is 0.494 e. The fourth-order valence-corrected chi connectivity index (χ4v) is 4.24. The number of aromatic nitrogens is 5. The van der Waals surface area contributed by atoms with Gasteiger partial charge in [-0.05, 0) is 48.7 Å². The Kier molecular flexibility index (Phi) is 4.71. The van der Waals surface area contributed by atoms with Crippen molar-refractivity contribution < 1.29 is 9.53 Å². The normalized spacial score (nSPS) is 15.9. The molecule has 3 aromatic rings. The molecule has 1 aromatic carbocycles. The van der Waals surface area contributed by atoms with Crippen LogP contribution in [0.3, 0.4) is 0 Å². The van der Waals surface area contributed by atoms with E-state index >= 15 is 0 Å². The molecule has 0 saturated heterocycles. The number of ether oxygens (including phenoxy) is 1. The topological polar surface area (TPSA) is 107 Å². The van der Waals surface area contributed by atoms with E-state index in [1.165, 1.54) is 15.9 Å². The van der Waals surface area contributed by atoms with Gasteiger partial charge >= 0.3 is 6.03 Å². The van der Waals surface area contributed by atoms with Gasteiger partial charge in [-0.25, -0.2) is 14.5 Å². The van der Waals surface area contributed by atoms with E-state index in [4.69, 9.17) is 4.74 Å². The van der Waals surface area contributed by atoms with E-state index in [2.05, 4.69) is 31.1 Å². The summed E-state index contributed by atoms with van der Waals surface area (Å²) in [5.41, 5.74) is 2.30. The minimum atomic E-state index is -0.285. The Morgan fingerprint density at radius 3 is 3.07 bits per heavy atom. The van der Waals surface area contributed by atoms with Crippen molar-refractivity contribution in [2.24, 2.45) is 0 Å². The second-order valence-electron chi connectivity index (χ2n) is 6.22. The number of hydrogen-bond acceptors (Lipinski definition) is 7. The van der Waals surface area contributed by atoms with Crippen LogP contribution in [0, 0.1) is 6.92 Å². The molecular weight excluding hydrogens is 366 g/mol. The molecule has 27 heavy (non-hydrogen) atoms. The van der Waals surface area contributed by atoms with Gasteiger partial charge in [0.25, 0.3) is 0 Å². The molecule has 1 aliphatic carbocycles. The summed E-state index contributed by atoms with van der Waals surface area (Å²) in [6.07, 6.45) is 4.46. The maximum absolute atomic E-state index is 12.5. The highest BCUT2D eigenvalue weighted by Gasteiger charge is 2.25. The van der Waals surface area contributed by atoms with Crippen LogP contribution in [0.4, 0.5) is 10.5 Å². The van der Waals surface area contributed by atoms with Gasteiger partial charge in [0, 0.05) is 10.9 Å². The number of carbonyl (C=O) groups is 1. The Morgan fingerprint density at radius 1 is 1.41 bits per heavy atom. The van der Waals surface area contributed by atoms with Crippen molar-refractivity contribution in [3.63, 3.8) is 0 Å². The van der Waals surface area contributed by atoms with E-state index in [-0.39, 0.29) is 12.1 Å². The first-order valence-corrected chi connectivity index (χ1v) is 9.41. The number of nitrogens with zero attached hydrogens (tertiary/aromatic N) is 5. The van der Waals surface area contributed by atoms with Gasteiger partial charge in [-0.2, -0.15) is 0 Å². The molecule has 2 aromatic heterocycles. The summed E-state index contributed by atoms with van der Waals surface area (Å²) >= 11 is 1.71. The molecule has 2 N–H and O–H groups in total. The van der Waals surface area contributed by atoms with Crippen molar-refractivity contribution in [2.75, 3.05) is 12.4 Å². The highest BCUT2D eigenvalue weighted by atomic mass is 32.1. The van der Waals surface area contributed by atoms with Crippen LogP contribution in [0.5, 0.6) is 5.75 Å².